The molecule has 1 aliphatic heterocycles. The first-order valence-corrected chi connectivity index (χ1v) is 9.01. The summed E-state index contributed by atoms with van der Waals surface area (Å²) in [7, 11) is 1.54. The first kappa shape index (κ1) is 18.2. The molecule has 26 heavy (non-hydrogen) atoms. The van der Waals surface area contributed by atoms with Gasteiger partial charge in [0.2, 0.25) is 0 Å². The van der Waals surface area contributed by atoms with E-state index in [4.69, 9.17) is 9.47 Å². The third-order valence-corrected chi connectivity index (χ3v) is 4.74. The zero-order valence-corrected chi connectivity index (χ0v) is 15.2. The summed E-state index contributed by atoms with van der Waals surface area (Å²) in [5.74, 6) is 0.370. The molecule has 0 N–H and O–H groups in total. The van der Waals surface area contributed by atoms with E-state index in [-0.39, 0.29) is 17.7 Å². The van der Waals surface area contributed by atoms with Crippen molar-refractivity contribution < 1.29 is 19.1 Å². The van der Waals surface area contributed by atoms with Crippen LogP contribution < -0.4 is 4.74 Å². The van der Waals surface area contributed by atoms with Gasteiger partial charge in [0.1, 0.15) is 12.4 Å². The number of thioether (sulfide) groups is 1. The standard InChI is InChI=1S/C20H19NO4S/c1-24-12-11-21-19(22)18(26-20(21)23)13-16-9-5-6-10-17(16)25-14-15-7-3-2-4-8-15/h2-10,13H,11-12,14H2,1H3/b18-13+. The number of para-hydroxylation sites is 1. The van der Waals surface area contributed by atoms with Crippen molar-refractivity contribution in [3.63, 3.8) is 0 Å². The third-order valence-electron chi connectivity index (χ3n) is 3.84. The molecule has 1 fully saturated rings. The van der Waals surface area contributed by atoms with Gasteiger partial charge < -0.3 is 9.47 Å². The van der Waals surface area contributed by atoms with Crippen LogP contribution in [0, 0.1) is 0 Å². The highest BCUT2D eigenvalue weighted by Crippen LogP contribution is 2.33. The molecule has 0 atom stereocenters. The Hall–Kier alpha value is -2.57. The van der Waals surface area contributed by atoms with Crippen LogP contribution in [0.2, 0.25) is 0 Å². The highest BCUT2D eigenvalue weighted by molar-refractivity contribution is 8.18. The van der Waals surface area contributed by atoms with Crippen LogP contribution in [0.4, 0.5) is 4.79 Å². The van der Waals surface area contributed by atoms with Crippen LogP contribution in [0.3, 0.4) is 0 Å². The summed E-state index contributed by atoms with van der Waals surface area (Å²) in [6, 6.07) is 17.3. The lowest BCUT2D eigenvalue weighted by molar-refractivity contribution is -0.123. The van der Waals surface area contributed by atoms with Crippen molar-refractivity contribution in [2.75, 3.05) is 20.3 Å². The molecule has 1 heterocycles. The maximum Gasteiger partial charge on any atom is 0.293 e. The molecular weight excluding hydrogens is 350 g/mol. The largest absolute Gasteiger partial charge is 0.488 e. The first-order valence-electron chi connectivity index (χ1n) is 8.19. The number of amides is 2. The topological polar surface area (TPSA) is 55.8 Å². The van der Waals surface area contributed by atoms with Gasteiger partial charge in [-0.25, -0.2) is 0 Å². The predicted octanol–water partition coefficient (Wildman–Crippen LogP) is 3.95. The Labute approximate surface area is 156 Å². The fraction of sp³-hybridized carbons (Fsp3) is 0.200. The average molecular weight is 369 g/mol. The van der Waals surface area contributed by atoms with E-state index in [0.717, 1.165) is 22.9 Å². The number of carbonyl (C=O) groups excluding carboxylic acids is 2. The molecule has 0 radical (unpaired) electrons. The van der Waals surface area contributed by atoms with Gasteiger partial charge in [0.05, 0.1) is 18.1 Å². The Morgan fingerprint density at radius 3 is 2.54 bits per heavy atom. The van der Waals surface area contributed by atoms with Crippen molar-refractivity contribution >= 4 is 29.0 Å². The Bertz CT molecular complexity index is 820. The summed E-state index contributed by atoms with van der Waals surface area (Å²) in [6.45, 7) is 1.01. The molecule has 0 bridgehead atoms. The fourth-order valence-electron chi connectivity index (χ4n) is 2.48. The van der Waals surface area contributed by atoms with Crippen LogP contribution in [0.25, 0.3) is 6.08 Å². The summed E-state index contributed by atoms with van der Waals surface area (Å²) in [5.41, 5.74) is 1.82. The van der Waals surface area contributed by atoms with E-state index >= 15 is 0 Å². The summed E-state index contributed by atoms with van der Waals surface area (Å²) in [4.78, 5) is 26.1. The van der Waals surface area contributed by atoms with Gasteiger partial charge in [-0.3, -0.25) is 14.5 Å². The fourth-order valence-corrected chi connectivity index (χ4v) is 3.34. The number of benzene rings is 2. The van der Waals surface area contributed by atoms with Crippen molar-refractivity contribution in [2.45, 2.75) is 6.61 Å². The Balaban J connectivity index is 1.76. The molecule has 2 amide bonds. The number of ether oxygens (including phenoxy) is 2. The highest BCUT2D eigenvalue weighted by Gasteiger charge is 2.34. The quantitative estimate of drug-likeness (QED) is 0.692. The number of rotatable bonds is 7. The van der Waals surface area contributed by atoms with Crippen molar-refractivity contribution in [3.05, 3.63) is 70.6 Å². The Morgan fingerprint density at radius 2 is 1.77 bits per heavy atom. The molecule has 0 aromatic heterocycles. The molecule has 0 unspecified atom stereocenters. The van der Waals surface area contributed by atoms with Gasteiger partial charge >= 0.3 is 0 Å². The smallest absolute Gasteiger partial charge is 0.293 e. The summed E-state index contributed by atoms with van der Waals surface area (Å²) in [6.07, 6.45) is 1.71. The molecule has 1 saturated heterocycles. The molecule has 2 aromatic carbocycles. The number of nitrogens with zero attached hydrogens (tertiary/aromatic N) is 1. The molecule has 5 nitrogen and oxygen atoms in total. The molecular formula is C20H19NO4S. The van der Waals surface area contributed by atoms with E-state index in [0.29, 0.717) is 23.9 Å². The van der Waals surface area contributed by atoms with E-state index in [2.05, 4.69) is 0 Å². The van der Waals surface area contributed by atoms with E-state index in [1.165, 1.54) is 12.0 Å². The van der Waals surface area contributed by atoms with Gasteiger partial charge in [0, 0.05) is 12.7 Å². The minimum absolute atomic E-state index is 0.255. The predicted molar refractivity (Wildman–Crippen MR) is 102 cm³/mol. The number of imide groups is 1. The van der Waals surface area contributed by atoms with Crippen LogP contribution in [-0.4, -0.2) is 36.3 Å². The Morgan fingerprint density at radius 1 is 1.04 bits per heavy atom. The van der Waals surface area contributed by atoms with Crippen molar-refractivity contribution in [1.29, 1.82) is 0 Å². The molecule has 1 aliphatic rings. The van der Waals surface area contributed by atoms with Crippen LogP contribution >= 0.6 is 11.8 Å². The van der Waals surface area contributed by atoms with Gasteiger partial charge in [0.15, 0.2) is 0 Å². The lowest BCUT2D eigenvalue weighted by Crippen LogP contribution is -2.31. The number of hydrogen-bond acceptors (Lipinski definition) is 5. The summed E-state index contributed by atoms with van der Waals surface area (Å²) >= 11 is 0.938. The maximum absolute atomic E-state index is 12.4. The normalized spacial score (nSPS) is 15.7. The van der Waals surface area contributed by atoms with Crippen LogP contribution in [-0.2, 0) is 16.1 Å². The van der Waals surface area contributed by atoms with Gasteiger partial charge in [-0.2, -0.15) is 0 Å². The SMILES string of the molecule is COCCN1C(=O)S/C(=C/c2ccccc2OCc2ccccc2)C1=O. The van der Waals surface area contributed by atoms with Crippen LogP contribution in [0.15, 0.2) is 59.5 Å². The van der Waals surface area contributed by atoms with Crippen molar-refractivity contribution in [2.24, 2.45) is 0 Å². The zero-order valence-electron chi connectivity index (χ0n) is 14.4. The summed E-state index contributed by atoms with van der Waals surface area (Å²) < 4.78 is 10.9. The number of carbonyl (C=O) groups is 2. The van der Waals surface area contributed by atoms with E-state index in [1.54, 1.807) is 6.08 Å². The van der Waals surface area contributed by atoms with Gasteiger partial charge in [-0.1, -0.05) is 48.5 Å². The minimum atomic E-state index is -0.296. The van der Waals surface area contributed by atoms with Crippen molar-refractivity contribution in [1.82, 2.24) is 4.90 Å². The minimum Gasteiger partial charge on any atom is -0.488 e. The monoisotopic (exact) mass is 369 g/mol. The number of hydrogen-bond donors (Lipinski definition) is 0. The van der Waals surface area contributed by atoms with Gasteiger partial charge in [-0.05, 0) is 29.5 Å². The molecule has 6 heteroatoms. The highest BCUT2D eigenvalue weighted by atomic mass is 32.2. The molecule has 0 saturated carbocycles. The lowest BCUT2D eigenvalue weighted by Gasteiger charge is -2.11. The molecule has 134 valence electrons. The van der Waals surface area contributed by atoms with E-state index in [9.17, 15) is 9.59 Å². The third kappa shape index (κ3) is 4.33. The lowest BCUT2D eigenvalue weighted by atomic mass is 10.1. The zero-order chi connectivity index (χ0) is 18.4. The van der Waals surface area contributed by atoms with E-state index in [1.807, 2.05) is 54.6 Å². The second-order valence-corrected chi connectivity index (χ2v) is 6.63. The molecule has 3 rings (SSSR count). The average Bonchev–Trinajstić information content (AvgIpc) is 2.93. The Kier molecular flexibility index (Phi) is 6.09. The van der Waals surface area contributed by atoms with Gasteiger partial charge in [-0.15, -0.1) is 0 Å². The number of methoxy groups -OCH3 is 1. The van der Waals surface area contributed by atoms with Crippen LogP contribution in [0.1, 0.15) is 11.1 Å². The maximum atomic E-state index is 12.4. The van der Waals surface area contributed by atoms with Gasteiger partial charge in [0.25, 0.3) is 11.1 Å². The second kappa shape index (κ2) is 8.69. The molecule has 2 aromatic rings. The van der Waals surface area contributed by atoms with Crippen molar-refractivity contribution in [3.8, 4) is 5.75 Å². The molecule has 0 aliphatic carbocycles. The second-order valence-electron chi connectivity index (χ2n) is 5.64. The first-order chi connectivity index (χ1) is 12.7. The molecule has 0 spiro atoms. The van der Waals surface area contributed by atoms with Crippen LogP contribution in [0.5, 0.6) is 5.75 Å². The summed E-state index contributed by atoms with van der Waals surface area (Å²) in [5, 5.41) is -0.277. The van der Waals surface area contributed by atoms with E-state index < -0.39 is 0 Å².